The first-order chi connectivity index (χ1) is 17.6. The van der Waals surface area contributed by atoms with Gasteiger partial charge in [0.2, 0.25) is 6.54 Å². The highest BCUT2D eigenvalue weighted by Gasteiger charge is 2.25. The van der Waals surface area contributed by atoms with Crippen LogP contribution in [0.5, 0.6) is 5.75 Å². The third kappa shape index (κ3) is 6.65. The van der Waals surface area contributed by atoms with Gasteiger partial charge in [0, 0.05) is 26.2 Å². The molecule has 0 N–H and O–H groups in total. The van der Waals surface area contributed by atoms with Gasteiger partial charge in [-0.15, -0.1) is 10.2 Å². The van der Waals surface area contributed by atoms with Crippen molar-refractivity contribution in [3.8, 4) is 11.4 Å². The van der Waals surface area contributed by atoms with Gasteiger partial charge in [0.25, 0.3) is 0 Å². The molecule has 0 spiro atoms. The van der Waals surface area contributed by atoms with Crippen molar-refractivity contribution < 1.29 is 9.66 Å². The number of ether oxygens (including phenoxy) is 1. The molecule has 0 aliphatic carbocycles. The lowest BCUT2D eigenvalue weighted by Gasteiger charge is -2.16. The second kappa shape index (κ2) is 11.9. The highest BCUT2D eigenvalue weighted by atomic mass is 79.9. The van der Waals surface area contributed by atoms with Gasteiger partial charge >= 0.3 is 0 Å². The molecule has 0 unspecified atom stereocenters. The van der Waals surface area contributed by atoms with E-state index in [1.54, 1.807) is 18.2 Å². The van der Waals surface area contributed by atoms with E-state index in [0.29, 0.717) is 31.2 Å². The van der Waals surface area contributed by atoms with Crippen LogP contribution in [0.1, 0.15) is 33.3 Å². The van der Waals surface area contributed by atoms with Crippen LogP contribution in [-0.2, 0) is 6.61 Å². The zero-order chi connectivity index (χ0) is 26.7. The lowest BCUT2D eigenvalue weighted by Crippen LogP contribution is -2.11. The molecule has 1 atom stereocenters. The van der Waals surface area contributed by atoms with Crippen LogP contribution in [0.15, 0.2) is 64.2 Å². The van der Waals surface area contributed by atoms with E-state index in [4.69, 9.17) is 27.9 Å². The Bertz CT molecular complexity index is 1460. The molecule has 0 amide bonds. The molecule has 1 aromatic heterocycles. The molecule has 1 heterocycles. The minimum absolute atomic E-state index is 0.249. The highest BCUT2D eigenvalue weighted by Crippen LogP contribution is 2.39. The minimum atomic E-state index is -0.500. The smallest absolute Gasteiger partial charge is 0.220 e. The van der Waals surface area contributed by atoms with Crippen molar-refractivity contribution in [3.05, 3.63) is 107 Å². The Morgan fingerprint density at radius 3 is 2.51 bits per heavy atom. The quantitative estimate of drug-likeness (QED) is 0.107. The zero-order valence-electron chi connectivity index (χ0n) is 20.2. The number of nitrogens with zero attached hydrogens (tertiary/aromatic N) is 4. The van der Waals surface area contributed by atoms with Gasteiger partial charge in [-0.25, -0.2) is 0 Å². The number of benzene rings is 3. The van der Waals surface area contributed by atoms with E-state index in [2.05, 4.69) is 39.1 Å². The van der Waals surface area contributed by atoms with E-state index < -0.39 is 5.25 Å². The fourth-order valence-electron chi connectivity index (χ4n) is 3.68. The largest absolute Gasteiger partial charge is 0.488 e. The van der Waals surface area contributed by atoms with Crippen molar-refractivity contribution in [2.45, 2.75) is 37.8 Å². The van der Waals surface area contributed by atoms with Gasteiger partial charge < -0.3 is 4.74 Å². The summed E-state index contributed by atoms with van der Waals surface area (Å²) in [5, 5.41) is 21.3. The van der Waals surface area contributed by atoms with Crippen molar-refractivity contribution >= 4 is 50.9 Å². The van der Waals surface area contributed by atoms with Gasteiger partial charge in [-0.2, -0.15) is 0 Å². The zero-order valence-corrected chi connectivity index (χ0v) is 24.2. The van der Waals surface area contributed by atoms with E-state index in [1.165, 1.54) is 17.3 Å². The van der Waals surface area contributed by atoms with Crippen LogP contribution in [-0.4, -0.2) is 26.2 Å². The monoisotopic (exact) mass is 620 g/mol. The number of hydrogen-bond donors (Lipinski definition) is 0. The average molecular weight is 622 g/mol. The first-order valence-electron chi connectivity index (χ1n) is 11.3. The fourth-order valence-corrected chi connectivity index (χ4v) is 5.82. The van der Waals surface area contributed by atoms with Gasteiger partial charge in [0.15, 0.2) is 5.16 Å². The minimum Gasteiger partial charge on any atom is -0.488 e. The molecule has 4 aromatic rings. The predicted octanol–water partition coefficient (Wildman–Crippen LogP) is 7.95. The molecule has 0 fully saturated rings. The first-order valence-corrected chi connectivity index (χ1v) is 13.7. The number of rotatable bonds is 9. The number of aromatic nitrogens is 3. The topological polar surface area (TPSA) is 83.1 Å². The van der Waals surface area contributed by atoms with E-state index in [-0.39, 0.29) is 18.1 Å². The molecule has 192 valence electrons. The Morgan fingerprint density at radius 1 is 1.05 bits per heavy atom. The molecule has 0 saturated carbocycles. The Kier molecular flexibility index (Phi) is 8.79. The number of halogens is 3. The number of thioether (sulfide) groups is 1. The third-order valence-electron chi connectivity index (χ3n) is 5.83. The van der Waals surface area contributed by atoms with Crippen LogP contribution in [0.3, 0.4) is 0 Å². The molecule has 0 saturated heterocycles. The molecular weight excluding hydrogens is 599 g/mol. The Balaban J connectivity index is 1.58. The molecule has 3 aromatic carbocycles. The van der Waals surface area contributed by atoms with Gasteiger partial charge in [0.1, 0.15) is 23.4 Å². The number of aryl methyl sites for hydroxylation is 3. The first kappa shape index (κ1) is 27.4. The molecule has 0 radical (unpaired) electrons. The number of nitro groups is 1. The number of hydrogen-bond acceptors (Lipinski definition) is 6. The summed E-state index contributed by atoms with van der Waals surface area (Å²) in [5.74, 6) is 1.30. The van der Waals surface area contributed by atoms with Crippen molar-refractivity contribution in [1.82, 2.24) is 14.8 Å². The summed E-state index contributed by atoms with van der Waals surface area (Å²) in [7, 11) is 0. The maximum atomic E-state index is 11.6. The van der Waals surface area contributed by atoms with Crippen LogP contribution < -0.4 is 4.74 Å². The van der Waals surface area contributed by atoms with E-state index in [1.807, 2.05) is 48.7 Å². The van der Waals surface area contributed by atoms with E-state index in [0.717, 1.165) is 22.4 Å². The third-order valence-corrected chi connectivity index (χ3v) is 8.22. The molecular formula is C26H23BrCl2N4O3S. The molecule has 11 heteroatoms. The maximum Gasteiger partial charge on any atom is 0.220 e. The van der Waals surface area contributed by atoms with Crippen LogP contribution in [0.4, 0.5) is 0 Å². The van der Waals surface area contributed by atoms with Gasteiger partial charge in [-0.3, -0.25) is 14.7 Å². The predicted molar refractivity (Wildman–Crippen MR) is 151 cm³/mol. The van der Waals surface area contributed by atoms with Crippen molar-refractivity contribution in [2.75, 3.05) is 6.54 Å². The summed E-state index contributed by atoms with van der Waals surface area (Å²) in [5.41, 5.74) is 4.80. The standard InChI is InChI=1S/C26H23BrCl2N4O3S/c1-15-4-8-21(10-16(15)2)33-17(3)30-31-26(33)37-25(13-32(34)35)18-6-9-24(22(27)11-18)36-14-19-5-7-20(28)12-23(19)29/h4-12,25H,13-14H2,1-3H3/t25-/m1/s1. The molecule has 7 nitrogen and oxygen atoms in total. The average Bonchev–Trinajstić information content (AvgIpc) is 3.20. The van der Waals surface area contributed by atoms with Crippen LogP contribution in [0.2, 0.25) is 10.0 Å². The molecule has 0 aliphatic heterocycles. The van der Waals surface area contributed by atoms with Crippen molar-refractivity contribution in [3.63, 3.8) is 0 Å². The maximum absolute atomic E-state index is 11.6. The van der Waals surface area contributed by atoms with Crippen molar-refractivity contribution in [2.24, 2.45) is 0 Å². The Morgan fingerprint density at radius 2 is 1.84 bits per heavy atom. The Labute approximate surface area is 237 Å². The lowest BCUT2D eigenvalue weighted by molar-refractivity contribution is -0.479. The fraction of sp³-hybridized carbons (Fsp3) is 0.231. The van der Waals surface area contributed by atoms with Crippen LogP contribution >= 0.6 is 50.9 Å². The summed E-state index contributed by atoms with van der Waals surface area (Å²) < 4.78 is 8.54. The van der Waals surface area contributed by atoms with Crippen LogP contribution in [0, 0.1) is 30.9 Å². The van der Waals surface area contributed by atoms with Gasteiger partial charge in [0.05, 0.1) is 4.47 Å². The summed E-state index contributed by atoms with van der Waals surface area (Å²) in [6.45, 7) is 5.93. The highest BCUT2D eigenvalue weighted by molar-refractivity contribution is 9.10. The van der Waals surface area contributed by atoms with Gasteiger partial charge in [-0.1, -0.05) is 53.2 Å². The molecule has 0 bridgehead atoms. The van der Waals surface area contributed by atoms with Crippen LogP contribution in [0.25, 0.3) is 5.69 Å². The van der Waals surface area contributed by atoms with Gasteiger partial charge in [-0.05, 0) is 89.8 Å². The lowest BCUT2D eigenvalue weighted by atomic mass is 10.1. The Hall–Kier alpha value is -2.59. The normalized spacial score (nSPS) is 11.9. The van der Waals surface area contributed by atoms with E-state index in [9.17, 15) is 10.1 Å². The van der Waals surface area contributed by atoms with E-state index >= 15 is 0 Å². The summed E-state index contributed by atoms with van der Waals surface area (Å²) in [6, 6.07) is 16.8. The second-order valence-electron chi connectivity index (χ2n) is 8.47. The molecule has 0 aliphatic rings. The second-order valence-corrected chi connectivity index (χ2v) is 11.3. The molecule has 4 rings (SSSR count). The summed E-state index contributed by atoms with van der Waals surface area (Å²) >= 11 is 17.1. The molecule has 37 heavy (non-hydrogen) atoms. The summed E-state index contributed by atoms with van der Waals surface area (Å²) in [6.07, 6.45) is 0. The summed E-state index contributed by atoms with van der Waals surface area (Å²) in [4.78, 5) is 11.3. The SMILES string of the molecule is Cc1ccc(-n2c(C)nnc2S[C@H](C[N+](=O)[O-])c2ccc(OCc3ccc(Cl)cc3Cl)c(Br)c2)cc1C. The van der Waals surface area contributed by atoms with Crippen molar-refractivity contribution in [1.29, 1.82) is 0 Å².